The molecule has 2 N–H and O–H groups in total. The molecule has 0 fully saturated rings. The average Bonchev–Trinajstić information content (AvgIpc) is 2.93. The molecule has 1 aromatic heterocycles. The van der Waals surface area contributed by atoms with E-state index in [1.54, 1.807) is 11.3 Å². The highest BCUT2D eigenvalue weighted by molar-refractivity contribution is 7.09. The van der Waals surface area contributed by atoms with Crippen LogP contribution < -0.4 is 5.32 Å². The Morgan fingerprint density at radius 2 is 1.79 bits per heavy atom. The quantitative estimate of drug-likeness (QED) is 0.842. The van der Waals surface area contributed by atoms with Crippen molar-refractivity contribution in [3.8, 4) is 0 Å². The molecule has 1 heterocycles. The van der Waals surface area contributed by atoms with Gasteiger partial charge in [-0.1, -0.05) is 44.2 Å². The van der Waals surface area contributed by atoms with Crippen molar-refractivity contribution in [1.29, 1.82) is 0 Å². The Morgan fingerprint density at radius 3 is 2.32 bits per heavy atom. The first-order valence-corrected chi connectivity index (χ1v) is 7.55. The van der Waals surface area contributed by atoms with Gasteiger partial charge in [-0.2, -0.15) is 0 Å². The molecule has 0 saturated carbocycles. The number of aliphatic hydroxyl groups excluding tert-OH is 1. The third-order valence-corrected chi connectivity index (χ3v) is 4.17. The summed E-state index contributed by atoms with van der Waals surface area (Å²) in [5.41, 5.74) is 2.47. The highest BCUT2D eigenvalue weighted by atomic mass is 32.1. The molecule has 0 aliphatic carbocycles. The lowest BCUT2D eigenvalue weighted by Crippen LogP contribution is -2.23. The van der Waals surface area contributed by atoms with Crippen LogP contribution in [0.25, 0.3) is 0 Å². The fourth-order valence-corrected chi connectivity index (χ4v) is 2.69. The molecule has 0 amide bonds. The summed E-state index contributed by atoms with van der Waals surface area (Å²) in [6.07, 6.45) is 0. The van der Waals surface area contributed by atoms with E-state index in [2.05, 4.69) is 54.9 Å². The number of thiophene rings is 1. The van der Waals surface area contributed by atoms with Crippen LogP contribution in [0.5, 0.6) is 0 Å². The van der Waals surface area contributed by atoms with Gasteiger partial charge in [-0.25, -0.2) is 0 Å². The number of benzene rings is 1. The summed E-state index contributed by atoms with van der Waals surface area (Å²) in [7, 11) is 0. The molecular formula is C16H21NOS. The van der Waals surface area contributed by atoms with E-state index in [9.17, 15) is 5.11 Å². The van der Waals surface area contributed by atoms with Gasteiger partial charge in [0.2, 0.25) is 0 Å². The van der Waals surface area contributed by atoms with Gasteiger partial charge in [-0.15, -0.1) is 11.3 Å². The van der Waals surface area contributed by atoms with Crippen molar-refractivity contribution >= 4 is 11.3 Å². The van der Waals surface area contributed by atoms with Crippen molar-refractivity contribution < 1.29 is 5.11 Å². The molecule has 1 aromatic carbocycles. The van der Waals surface area contributed by atoms with Crippen LogP contribution in [0.15, 0.2) is 41.8 Å². The van der Waals surface area contributed by atoms with Crippen molar-refractivity contribution in [2.75, 3.05) is 6.61 Å². The maximum absolute atomic E-state index is 9.53. The van der Waals surface area contributed by atoms with E-state index in [0.29, 0.717) is 5.92 Å². The van der Waals surface area contributed by atoms with E-state index in [4.69, 9.17) is 0 Å². The van der Waals surface area contributed by atoms with Gasteiger partial charge in [0.15, 0.2) is 0 Å². The molecule has 2 nitrogen and oxygen atoms in total. The maximum atomic E-state index is 9.53. The topological polar surface area (TPSA) is 32.3 Å². The van der Waals surface area contributed by atoms with Gasteiger partial charge in [0.25, 0.3) is 0 Å². The van der Waals surface area contributed by atoms with E-state index in [1.807, 2.05) is 6.07 Å². The predicted octanol–water partition coefficient (Wildman–Crippen LogP) is 3.69. The Morgan fingerprint density at radius 1 is 1.11 bits per heavy atom. The number of rotatable bonds is 6. The second kappa shape index (κ2) is 6.85. The van der Waals surface area contributed by atoms with Gasteiger partial charge in [-0.3, -0.25) is 0 Å². The largest absolute Gasteiger partial charge is 0.394 e. The third-order valence-electron chi connectivity index (χ3n) is 3.29. The van der Waals surface area contributed by atoms with Gasteiger partial charge < -0.3 is 10.4 Å². The average molecular weight is 275 g/mol. The van der Waals surface area contributed by atoms with Crippen molar-refractivity contribution in [3.05, 3.63) is 57.8 Å². The van der Waals surface area contributed by atoms with Crippen molar-refractivity contribution in [2.24, 2.45) is 0 Å². The van der Waals surface area contributed by atoms with Crippen LogP contribution in [0.2, 0.25) is 0 Å². The van der Waals surface area contributed by atoms with Gasteiger partial charge in [-0.05, 0) is 28.5 Å². The minimum atomic E-state index is 0.00307. The number of hydrogen-bond acceptors (Lipinski definition) is 3. The summed E-state index contributed by atoms with van der Waals surface area (Å²) in [6, 6.07) is 12.7. The second-order valence-electron chi connectivity index (χ2n) is 5.02. The van der Waals surface area contributed by atoms with E-state index in [0.717, 1.165) is 12.1 Å². The van der Waals surface area contributed by atoms with E-state index < -0.39 is 0 Å². The molecule has 0 saturated heterocycles. The van der Waals surface area contributed by atoms with Crippen LogP contribution in [0.3, 0.4) is 0 Å². The van der Waals surface area contributed by atoms with Crippen molar-refractivity contribution in [1.82, 2.24) is 5.32 Å². The molecule has 0 aliphatic rings. The molecule has 1 atom stereocenters. The summed E-state index contributed by atoms with van der Waals surface area (Å²) in [5, 5.41) is 15.0. The van der Waals surface area contributed by atoms with Crippen LogP contribution in [0, 0.1) is 0 Å². The first-order valence-electron chi connectivity index (χ1n) is 6.67. The van der Waals surface area contributed by atoms with E-state index in [-0.39, 0.29) is 12.6 Å². The Hall–Kier alpha value is -1.16. The van der Waals surface area contributed by atoms with Crippen LogP contribution in [0.1, 0.15) is 41.8 Å². The third kappa shape index (κ3) is 3.90. The number of aliphatic hydroxyl groups is 1. The molecule has 102 valence electrons. The lowest BCUT2D eigenvalue weighted by atomic mass is 9.99. The Balaban J connectivity index is 2.00. The highest BCUT2D eigenvalue weighted by Gasteiger charge is 2.10. The highest BCUT2D eigenvalue weighted by Crippen LogP contribution is 2.19. The molecule has 2 rings (SSSR count). The lowest BCUT2D eigenvalue weighted by molar-refractivity contribution is 0.244. The lowest BCUT2D eigenvalue weighted by Gasteiger charge is -2.17. The van der Waals surface area contributed by atoms with Gasteiger partial charge >= 0.3 is 0 Å². The van der Waals surface area contributed by atoms with Crippen LogP contribution in [-0.2, 0) is 6.54 Å². The zero-order valence-corrected chi connectivity index (χ0v) is 12.3. The monoisotopic (exact) mass is 275 g/mol. The summed E-state index contributed by atoms with van der Waals surface area (Å²) < 4.78 is 0. The van der Waals surface area contributed by atoms with Gasteiger partial charge in [0.1, 0.15) is 0 Å². The predicted molar refractivity (Wildman–Crippen MR) is 81.5 cm³/mol. The molecule has 0 radical (unpaired) electrons. The Bertz CT molecular complexity index is 476. The standard InChI is InChI=1S/C16H21NOS/c1-12(2)13-5-7-14(8-6-13)16(11-18)17-10-15-4-3-9-19-15/h3-9,12,16-18H,10-11H2,1-2H3. The molecule has 2 aromatic rings. The summed E-state index contributed by atoms with van der Waals surface area (Å²) >= 11 is 1.73. The first-order chi connectivity index (χ1) is 9.20. The zero-order valence-electron chi connectivity index (χ0n) is 11.5. The molecule has 0 spiro atoms. The summed E-state index contributed by atoms with van der Waals surface area (Å²) in [4.78, 5) is 1.29. The molecule has 0 bridgehead atoms. The van der Waals surface area contributed by atoms with E-state index >= 15 is 0 Å². The van der Waals surface area contributed by atoms with Crippen molar-refractivity contribution in [3.63, 3.8) is 0 Å². The molecular weight excluding hydrogens is 254 g/mol. The summed E-state index contributed by atoms with van der Waals surface area (Å²) in [5.74, 6) is 0.542. The minimum absolute atomic E-state index is 0.00307. The maximum Gasteiger partial charge on any atom is 0.0626 e. The zero-order chi connectivity index (χ0) is 13.7. The molecule has 1 unspecified atom stereocenters. The van der Waals surface area contributed by atoms with Crippen LogP contribution in [0.4, 0.5) is 0 Å². The number of hydrogen-bond donors (Lipinski definition) is 2. The minimum Gasteiger partial charge on any atom is -0.394 e. The SMILES string of the molecule is CC(C)c1ccc(C(CO)NCc2cccs2)cc1. The number of nitrogens with one attached hydrogen (secondary N) is 1. The van der Waals surface area contributed by atoms with Gasteiger partial charge in [0.05, 0.1) is 12.6 Å². The fourth-order valence-electron chi connectivity index (χ4n) is 2.04. The van der Waals surface area contributed by atoms with Crippen molar-refractivity contribution in [2.45, 2.75) is 32.4 Å². The second-order valence-corrected chi connectivity index (χ2v) is 6.05. The molecule has 19 heavy (non-hydrogen) atoms. The normalized spacial score (nSPS) is 12.8. The van der Waals surface area contributed by atoms with E-state index in [1.165, 1.54) is 10.4 Å². The van der Waals surface area contributed by atoms with Crippen LogP contribution in [-0.4, -0.2) is 11.7 Å². The smallest absolute Gasteiger partial charge is 0.0626 e. The Kier molecular flexibility index (Phi) is 5.14. The first kappa shape index (κ1) is 14.3. The van der Waals surface area contributed by atoms with Crippen LogP contribution >= 0.6 is 11.3 Å². The van der Waals surface area contributed by atoms with Gasteiger partial charge in [0, 0.05) is 11.4 Å². The molecule has 3 heteroatoms. The summed E-state index contributed by atoms with van der Waals surface area (Å²) in [6.45, 7) is 5.29. The Labute approximate surface area is 119 Å². The molecule has 0 aliphatic heterocycles. The fraction of sp³-hybridized carbons (Fsp3) is 0.375.